The predicted molar refractivity (Wildman–Crippen MR) is 166 cm³/mol. The van der Waals surface area contributed by atoms with E-state index in [1.807, 2.05) is 26.2 Å². The third-order valence-corrected chi connectivity index (χ3v) is 6.48. The molecule has 0 unspecified atom stereocenters. The lowest BCUT2D eigenvalue weighted by Crippen LogP contribution is -2.22. The number of H-pyrrole nitrogens is 1. The number of ether oxygens (including phenoxy) is 3. The summed E-state index contributed by atoms with van der Waals surface area (Å²) in [6.45, 7) is 5.63. The van der Waals surface area contributed by atoms with Gasteiger partial charge in [-0.2, -0.15) is 0 Å². The molecule has 0 aliphatic carbocycles. The van der Waals surface area contributed by atoms with Crippen molar-refractivity contribution >= 4 is 34.5 Å². The van der Waals surface area contributed by atoms with Crippen molar-refractivity contribution in [1.29, 1.82) is 0 Å². The van der Waals surface area contributed by atoms with Crippen LogP contribution in [0.25, 0.3) is 11.0 Å². The Morgan fingerprint density at radius 2 is 1.88 bits per heavy atom. The molecule has 3 heterocycles. The zero-order chi connectivity index (χ0) is 30.3. The standard InChI is InChI=1S/C30H41N9O4/c1-4-5-15-42-26(40)20-43-25-17-23(8-9-24(25)41-16-13-34-30-32-11-6-12-33-30)38-29-27-22(18-35-28(27)36-21-37-29)19-39(3)14-7-10-31-2/h6,8-9,11-12,17-18,21,31H,4-5,7,10,13-16,19-20H2,1-3H3,(H,32,33,34)(H2,35,36,37,38). The van der Waals surface area contributed by atoms with E-state index in [4.69, 9.17) is 14.2 Å². The number of nitrogens with zero attached hydrogens (tertiary/aromatic N) is 5. The highest BCUT2D eigenvalue weighted by Crippen LogP contribution is 2.33. The van der Waals surface area contributed by atoms with Crippen molar-refractivity contribution < 1.29 is 19.0 Å². The molecule has 3 aromatic heterocycles. The van der Waals surface area contributed by atoms with Crippen LogP contribution in [0, 0.1) is 0 Å². The molecule has 0 atom stereocenters. The summed E-state index contributed by atoms with van der Waals surface area (Å²) in [6.07, 6.45) is 9.62. The monoisotopic (exact) mass is 591 g/mol. The van der Waals surface area contributed by atoms with Gasteiger partial charge in [0.25, 0.3) is 0 Å². The second-order valence-corrected chi connectivity index (χ2v) is 9.95. The summed E-state index contributed by atoms with van der Waals surface area (Å²) in [5.41, 5.74) is 2.55. The van der Waals surface area contributed by atoms with Crippen LogP contribution in [0.1, 0.15) is 31.7 Å². The number of esters is 1. The van der Waals surface area contributed by atoms with Crippen molar-refractivity contribution in [2.75, 3.05) is 64.2 Å². The number of unbranched alkanes of at least 4 members (excludes halogenated alkanes) is 1. The third kappa shape index (κ3) is 9.79. The van der Waals surface area contributed by atoms with E-state index in [0.29, 0.717) is 48.7 Å². The zero-order valence-electron chi connectivity index (χ0n) is 25.1. The topological polar surface area (TPSA) is 151 Å². The normalized spacial score (nSPS) is 11.1. The second kappa shape index (κ2) is 16.8. The molecule has 4 aromatic rings. The molecule has 0 radical (unpaired) electrons. The molecule has 0 saturated heterocycles. The number of carbonyl (C=O) groups excluding carboxylic acids is 1. The van der Waals surface area contributed by atoms with Gasteiger partial charge in [0.05, 0.1) is 18.5 Å². The lowest BCUT2D eigenvalue weighted by Gasteiger charge is -2.17. The molecule has 0 saturated carbocycles. The van der Waals surface area contributed by atoms with Crippen LogP contribution in [0.5, 0.6) is 11.5 Å². The van der Waals surface area contributed by atoms with E-state index in [1.54, 1.807) is 30.6 Å². The molecule has 0 fully saturated rings. The van der Waals surface area contributed by atoms with Crippen LogP contribution in [0.3, 0.4) is 0 Å². The summed E-state index contributed by atoms with van der Waals surface area (Å²) in [6, 6.07) is 7.21. The number of carbonyl (C=O) groups is 1. The molecule has 13 nitrogen and oxygen atoms in total. The van der Waals surface area contributed by atoms with Gasteiger partial charge in [-0.3, -0.25) is 0 Å². The predicted octanol–water partition coefficient (Wildman–Crippen LogP) is 3.75. The van der Waals surface area contributed by atoms with E-state index >= 15 is 0 Å². The second-order valence-electron chi connectivity index (χ2n) is 9.95. The van der Waals surface area contributed by atoms with Crippen molar-refractivity contribution in [2.45, 2.75) is 32.7 Å². The Labute approximate surface area is 251 Å². The van der Waals surface area contributed by atoms with Gasteiger partial charge in [0.1, 0.15) is 24.4 Å². The van der Waals surface area contributed by atoms with Crippen LogP contribution in [0.2, 0.25) is 0 Å². The van der Waals surface area contributed by atoms with Gasteiger partial charge in [0.15, 0.2) is 18.1 Å². The largest absolute Gasteiger partial charge is 0.488 e. The minimum Gasteiger partial charge on any atom is -0.488 e. The Kier molecular flexibility index (Phi) is 12.3. The molecule has 0 aliphatic heterocycles. The molecular weight excluding hydrogens is 550 g/mol. The van der Waals surface area contributed by atoms with E-state index in [9.17, 15) is 4.79 Å². The first-order chi connectivity index (χ1) is 21.1. The minimum absolute atomic E-state index is 0.237. The Bertz CT molecular complexity index is 1420. The molecule has 230 valence electrons. The van der Waals surface area contributed by atoms with Gasteiger partial charge in [0, 0.05) is 36.9 Å². The van der Waals surface area contributed by atoms with Gasteiger partial charge < -0.3 is 40.0 Å². The number of aromatic nitrogens is 5. The van der Waals surface area contributed by atoms with E-state index < -0.39 is 5.97 Å². The summed E-state index contributed by atoms with van der Waals surface area (Å²) >= 11 is 0. The minimum atomic E-state index is -0.436. The van der Waals surface area contributed by atoms with Crippen molar-refractivity contribution in [1.82, 2.24) is 35.1 Å². The van der Waals surface area contributed by atoms with E-state index in [-0.39, 0.29) is 6.61 Å². The highest BCUT2D eigenvalue weighted by molar-refractivity contribution is 5.92. The molecule has 1 aromatic carbocycles. The van der Waals surface area contributed by atoms with Crippen LogP contribution < -0.4 is 25.4 Å². The quantitative estimate of drug-likeness (QED) is 0.0928. The molecule has 0 amide bonds. The first kappa shape index (κ1) is 31.4. The Hall–Kier alpha value is -4.49. The van der Waals surface area contributed by atoms with Crippen LogP contribution in [-0.4, -0.2) is 89.3 Å². The lowest BCUT2D eigenvalue weighted by molar-refractivity contribution is -0.146. The number of aromatic amines is 1. The molecular formula is C30H41N9O4. The average molecular weight is 592 g/mol. The fraction of sp³-hybridized carbons (Fsp3) is 0.433. The van der Waals surface area contributed by atoms with Gasteiger partial charge in [-0.25, -0.2) is 24.7 Å². The number of anilines is 3. The van der Waals surface area contributed by atoms with Gasteiger partial charge in [-0.05, 0) is 63.8 Å². The SMILES string of the molecule is CCCCOC(=O)COc1cc(Nc2ncnc3[nH]cc(CN(C)CCCNC)c23)ccc1OCCNc1ncccn1. The number of rotatable bonds is 19. The Balaban J connectivity index is 1.48. The number of hydrogen-bond donors (Lipinski definition) is 4. The summed E-state index contributed by atoms with van der Waals surface area (Å²) in [5, 5.41) is 10.6. The lowest BCUT2D eigenvalue weighted by atomic mass is 10.2. The van der Waals surface area contributed by atoms with Crippen molar-refractivity contribution in [2.24, 2.45) is 0 Å². The molecule has 0 aliphatic rings. The van der Waals surface area contributed by atoms with Crippen molar-refractivity contribution in [3.05, 3.63) is 54.7 Å². The first-order valence-corrected chi connectivity index (χ1v) is 14.5. The third-order valence-electron chi connectivity index (χ3n) is 6.48. The summed E-state index contributed by atoms with van der Waals surface area (Å²) in [4.78, 5) is 35.0. The van der Waals surface area contributed by atoms with E-state index in [2.05, 4.69) is 52.8 Å². The summed E-state index contributed by atoms with van der Waals surface area (Å²) < 4.78 is 17.1. The maximum Gasteiger partial charge on any atom is 0.344 e. The van der Waals surface area contributed by atoms with Crippen LogP contribution >= 0.6 is 0 Å². The summed E-state index contributed by atoms with van der Waals surface area (Å²) in [5.74, 6) is 1.63. The number of hydrogen-bond acceptors (Lipinski definition) is 12. The highest BCUT2D eigenvalue weighted by atomic mass is 16.6. The maximum atomic E-state index is 12.3. The number of benzene rings is 1. The van der Waals surface area contributed by atoms with Gasteiger partial charge in [-0.1, -0.05) is 13.3 Å². The highest BCUT2D eigenvalue weighted by Gasteiger charge is 2.15. The van der Waals surface area contributed by atoms with E-state index in [0.717, 1.165) is 55.5 Å². The van der Waals surface area contributed by atoms with Gasteiger partial charge in [0.2, 0.25) is 5.95 Å². The molecule has 13 heteroatoms. The Morgan fingerprint density at radius 1 is 1.02 bits per heavy atom. The molecule has 0 spiro atoms. The number of fused-ring (bicyclic) bond motifs is 1. The first-order valence-electron chi connectivity index (χ1n) is 14.5. The van der Waals surface area contributed by atoms with Crippen LogP contribution in [-0.2, 0) is 16.1 Å². The fourth-order valence-corrected chi connectivity index (χ4v) is 4.32. The van der Waals surface area contributed by atoms with Gasteiger partial charge >= 0.3 is 5.97 Å². The van der Waals surface area contributed by atoms with E-state index in [1.165, 1.54) is 6.33 Å². The van der Waals surface area contributed by atoms with Crippen LogP contribution in [0.4, 0.5) is 17.5 Å². The molecule has 4 N–H and O–H groups in total. The number of nitrogens with one attached hydrogen (secondary N) is 4. The van der Waals surface area contributed by atoms with Crippen LogP contribution in [0.15, 0.2) is 49.2 Å². The smallest absolute Gasteiger partial charge is 0.344 e. The molecule has 0 bridgehead atoms. The van der Waals surface area contributed by atoms with Gasteiger partial charge in [-0.15, -0.1) is 0 Å². The maximum absolute atomic E-state index is 12.3. The zero-order valence-corrected chi connectivity index (χ0v) is 25.1. The average Bonchev–Trinajstić information content (AvgIpc) is 3.43. The fourth-order valence-electron chi connectivity index (χ4n) is 4.32. The van der Waals surface area contributed by atoms with Crippen molar-refractivity contribution in [3.8, 4) is 11.5 Å². The molecule has 4 rings (SSSR count). The Morgan fingerprint density at radius 3 is 2.70 bits per heavy atom. The van der Waals surface area contributed by atoms with Crippen molar-refractivity contribution in [3.63, 3.8) is 0 Å². The molecule has 43 heavy (non-hydrogen) atoms. The summed E-state index contributed by atoms with van der Waals surface area (Å²) in [7, 11) is 4.06.